The molecule has 0 aromatic heterocycles. The minimum absolute atomic E-state index is 0.0329. The Morgan fingerprint density at radius 3 is 2.17 bits per heavy atom. The van der Waals surface area contributed by atoms with Gasteiger partial charge in [-0.3, -0.25) is 0 Å². The molecule has 0 unspecified atom stereocenters. The molecule has 4 atom stereocenters. The third-order valence-electron chi connectivity index (χ3n) is 5.12. The zero-order valence-corrected chi connectivity index (χ0v) is 17.5. The number of carbonyl (C=O) groups is 1. The van der Waals surface area contributed by atoms with E-state index in [1.54, 1.807) is 7.11 Å². The summed E-state index contributed by atoms with van der Waals surface area (Å²) in [5, 5.41) is 0.121. The predicted octanol–water partition coefficient (Wildman–Crippen LogP) is 4.67. The van der Waals surface area contributed by atoms with E-state index in [1.807, 2.05) is 6.92 Å². The Kier molecular flexibility index (Phi) is 9.35. The van der Waals surface area contributed by atoms with Crippen molar-refractivity contribution in [1.82, 2.24) is 0 Å². The van der Waals surface area contributed by atoms with Crippen LogP contribution >= 0.6 is 0 Å². The van der Waals surface area contributed by atoms with Gasteiger partial charge < -0.3 is 14.0 Å². The minimum Gasteiger partial charge on any atom is -0.413 e. The van der Waals surface area contributed by atoms with Crippen LogP contribution in [0.3, 0.4) is 0 Å². The van der Waals surface area contributed by atoms with Crippen LogP contribution in [0.1, 0.15) is 54.4 Å². The highest BCUT2D eigenvalue weighted by molar-refractivity contribution is 6.74. The molecule has 134 valence electrons. The van der Waals surface area contributed by atoms with Gasteiger partial charge in [-0.15, -0.1) is 11.8 Å². The van der Waals surface area contributed by atoms with Crippen LogP contribution in [0.5, 0.6) is 0 Å². The second-order valence-corrected chi connectivity index (χ2v) is 12.7. The molecule has 3 nitrogen and oxygen atoms in total. The van der Waals surface area contributed by atoms with Crippen molar-refractivity contribution in [2.75, 3.05) is 7.11 Å². The maximum Gasteiger partial charge on any atom is 0.192 e. The molecule has 0 radical (unpaired) electrons. The standard InChI is InChI=1S/C19H36O3Si/c1-10-11-12-15(2)18(21-7)16(3)17(13-14-20)22-23(8,9)19(4,5)6/h14-18H,12-13H2,1-9H3/t15-,16-,17+,18+/m0/s1. The van der Waals surface area contributed by atoms with Crippen molar-refractivity contribution in [3.8, 4) is 11.8 Å². The third kappa shape index (κ3) is 6.79. The summed E-state index contributed by atoms with van der Waals surface area (Å²) >= 11 is 0. The highest BCUT2D eigenvalue weighted by Crippen LogP contribution is 2.39. The van der Waals surface area contributed by atoms with E-state index in [4.69, 9.17) is 9.16 Å². The lowest BCUT2D eigenvalue weighted by Gasteiger charge is -2.42. The molecule has 0 aromatic rings. The van der Waals surface area contributed by atoms with Crippen LogP contribution in [0.4, 0.5) is 0 Å². The maximum atomic E-state index is 11.2. The molecule has 0 N–H and O–H groups in total. The Hall–Kier alpha value is -0.633. The number of ether oxygens (including phenoxy) is 1. The van der Waals surface area contributed by atoms with E-state index in [0.29, 0.717) is 12.3 Å². The first-order valence-corrected chi connectivity index (χ1v) is 11.5. The number of carbonyl (C=O) groups excluding carboxylic acids is 1. The summed E-state index contributed by atoms with van der Waals surface area (Å²) in [6.07, 6.45) is 2.12. The largest absolute Gasteiger partial charge is 0.413 e. The van der Waals surface area contributed by atoms with Crippen LogP contribution < -0.4 is 0 Å². The van der Waals surface area contributed by atoms with Crippen molar-refractivity contribution in [2.24, 2.45) is 11.8 Å². The monoisotopic (exact) mass is 340 g/mol. The highest BCUT2D eigenvalue weighted by atomic mass is 28.4. The van der Waals surface area contributed by atoms with Crippen LogP contribution in [0.25, 0.3) is 0 Å². The van der Waals surface area contributed by atoms with E-state index < -0.39 is 8.32 Å². The molecular weight excluding hydrogens is 304 g/mol. The number of aldehydes is 1. The average molecular weight is 341 g/mol. The molecule has 0 amide bonds. The van der Waals surface area contributed by atoms with Gasteiger partial charge in [-0.2, -0.15) is 0 Å². The van der Waals surface area contributed by atoms with Gasteiger partial charge in [-0.25, -0.2) is 0 Å². The first-order chi connectivity index (χ1) is 10.5. The van der Waals surface area contributed by atoms with Crippen molar-refractivity contribution in [1.29, 1.82) is 0 Å². The van der Waals surface area contributed by atoms with Gasteiger partial charge in [-0.05, 0) is 31.0 Å². The third-order valence-corrected chi connectivity index (χ3v) is 9.62. The van der Waals surface area contributed by atoms with Gasteiger partial charge >= 0.3 is 0 Å². The molecular formula is C19H36O3Si. The molecule has 0 aliphatic carbocycles. The van der Waals surface area contributed by atoms with Gasteiger partial charge in [0.1, 0.15) is 6.29 Å². The smallest absolute Gasteiger partial charge is 0.192 e. The van der Waals surface area contributed by atoms with Gasteiger partial charge in [0, 0.05) is 25.9 Å². The molecule has 0 heterocycles. The number of hydrogen-bond acceptors (Lipinski definition) is 3. The summed E-state index contributed by atoms with van der Waals surface area (Å²) in [7, 11) is -0.192. The quantitative estimate of drug-likeness (QED) is 0.348. The number of methoxy groups -OCH3 is 1. The Morgan fingerprint density at radius 2 is 1.78 bits per heavy atom. The molecule has 0 aromatic carbocycles. The number of rotatable bonds is 9. The fourth-order valence-corrected chi connectivity index (χ4v) is 4.00. The van der Waals surface area contributed by atoms with E-state index in [1.165, 1.54) is 0 Å². The topological polar surface area (TPSA) is 35.5 Å². The van der Waals surface area contributed by atoms with Crippen LogP contribution in [0.15, 0.2) is 0 Å². The first kappa shape index (κ1) is 22.4. The average Bonchev–Trinajstić information content (AvgIpc) is 2.43. The summed E-state index contributed by atoms with van der Waals surface area (Å²) in [6, 6.07) is 0. The molecule has 0 aliphatic rings. The van der Waals surface area contributed by atoms with E-state index in [0.717, 1.165) is 12.7 Å². The SMILES string of the molecule is CC#CC[C@H](C)[C@@H](OC)[C@@H](C)[C@@H](CC=O)O[Si](C)(C)C(C)(C)C. The zero-order valence-electron chi connectivity index (χ0n) is 16.5. The zero-order chi connectivity index (χ0) is 18.3. The van der Waals surface area contributed by atoms with Gasteiger partial charge in [0.2, 0.25) is 0 Å². The van der Waals surface area contributed by atoms with Gasteiger partial charge in [0.05, 0.1) is 12.2 Å². The molecule has 0 fully saturated rings. The van der Waals surface area contributed by atoms with Crippen molar-refractivity contribution in [3.63, 3.8) is 0 Å². The molecule has 0 saturated heterocycles. The normalized spacial score (nSPS) is 17.6. The predicted molar refractivity (Wildman–Crippen MR) is 99.9 cm³/mol. The second-order valence-electron chi connectivity index (χ2n) is 7.99. The molecule has 0 spiro atoms. The van der Waals surface area contributed by atoms with Crippen LogP contribution in [0.2, 0.25) is 18.1 Å². The lowest BCUT2D eigenvalue weighted by Crippen LogP contribution is -2.48. The maximum absolute atomic E-state index is 11.2. The number of hydrogen-bond donors (Lipinski definition) is 0. The molecule has 0 saturated carbocycles. The fourth-order valence-electron chi connectivity index (χ4n) is 2.58. The van der Waals surface area contributed by atoms with Gasteiger partial charge in [-0.1, -0.05) is 34.6 Å². The molecule has 0 aliphatic heterocycles. The van der Waals surface area contributed by atoms with E-state index >= 15 is 0 Å². The summed E-state index contributed by atoms with van der Waals surface area (Å²) in [6.45, 7) is 17.2. The second kappa shape index (κ2) is 9.61. The summed E-state index contributed by atoms with van der Waals surface area (Å²) in [4.78, 5) is 11.2. The van der Waals surface area contributed by atoms with Gasteiger partial charge in [0.25, 0.3) is 0 Å². The summed E-state index contributed by atoms with van der Waals surface area (Å²) in [5.41, 5.74) is 0. The Bertz CT molecular complexity index is 415. The molecule has 4 heteroatoms. The molecule has 23 heavy (non-hydrogen) atoms. The van der Waals surface area contributed by atoms with Crippen molar-refractivity contribution in [2.45, 2.75) is 84.7 Å². The summed E-state index contributed by atoms with van der Waals surface area (Å²) in [5.74, 6) is 6.52. The summed E-state index contributed by atoms with van der Waals surface area (Å²) < 4.78 is 12.3. The van der Waals surface area contributed by atoms with Crippen molar-refractivity contribution >= 4 is 14.6 Å². The highest BCUT2D eigenvalue weighted by Gasteiger charge is 2.41. The fraction of sp³-hybridized carbons (Fsp3) is 0.842. The minimum atomic E-state index is -1.93. The molecule has 0 bridgehead atoms. The first-order valence-electron chi connectivity index (χ1n) is 8.55. The molecule has 0 rings (SSSR count). The Balaban J connectivity index is 5.24. The Labute approximate surface area is 144 Å². The Morgan fingerprint density at radius 1 is 1.22 bits per heavy atom. The van der Waals surface area contributed by atoms with Crippen LogP contribution in [-0.4, -0.2) is 33.9 Å². The van der Waals surface area contributed by atoms with E-state index in [9.17, 15) is 4.79 Å². The van der Waals surface area contributed by atoms with E-state index in [2.05, 4.69) is 59.6 Å². The van der Waals surface area contributed by atoms with Crippen molar-refractivity contribution in [3.05, 3.63) is 0 Å². The van der Waals surface area contributed by atoms with Crippen LogP contribution in [0, 0.1) is 23.7 Å². The lowest BCUT2D eigenvalue weighted by atomic mass is 9.86. The van der Waals surface area contributed by atoms with Crippen LogP contribution in [-0.2, 0) is 14.0 Å². The van der Waals surface area contributed by atoms with E-state index in [-0.39, 0.29) is 23.2 Å². The van der Waals surface area contributed by atoms with Gasteiger partial charge in [0.15, 0.2) is 8.32 Å². The lowest BCUT2D eigenvalue weighted by molar-refractivity contribution is -0.111. The van der Waals surface area contributed by atoms with Crippen molar-refractivity contribution < 1.29 is 14.0 Å².